The van der Waals surface area contributed by atoms with Crippen molar-refractivity contribution in [3.8, 4) is 0 Å². The second kappa shape index (κ2) is 79.3. The first kappa shape index (κ1) is 88.2. The SMILES string of the molecule is [CaH2].[CaH2].[CaH2].[CaH2].[CaH2].[CaH2].[CaH2].[CaH2].[CaH2].[CaH2].[CaH2].[CaH2].[CaH2]. The molecule has 0 aromatic heterocycles. The van der Waals surface area contributed by atoms with Crippen LogP contribution in [-0.2, 0) is 0 Å². The van der Waals surface area contributed by atoms with Crippen molar-refractivity contribution in [3.05, 3.63) is 0 Å². The minimum absolute atomic E-state index is 0. The molecule has 52 valence electrons. The Hall–Kier alpha value is 16.4. The van der Waals surface area contributed by atoms with Crippen LogP contribution >= 0.6 is 0 Å². The van der Waals surface area contributed by atoms with E-state index in [2.05, 4.69) is 0 Å². The summed E-state index contributed by atoms with van der Waals surface area (Å²) >= 11 is 0. The molecule has 0 amide bonds. The van der Waals surface area contributed by atoms with Crippen LogP contribution in [0.4, 0.5) is 0 Å². The Bertz CT molecular complexity index is 0. The Balaban J connectivity index is 0. The Kier molecular flexibility index (Phi) is 538. The monoisotopic (exact) mass is 546 g/mol. The van der Waals surface area contributed by atoms with Gasteiger partial charge < -0.3 is 0 Å². The molecule has 0 aliphatic carbocycles. The van der Waals surface area contributed by atoms with E-state index in [9.17, 15) is 0 Å². The average Bonchev–Trinajstić information content (AvgIpc) is 0. The molecule has 0 radical (unpaired) electrons. The molecule has 0 saturated carbocycles. The molecule has 0 nitrogen and oxygen atoms in total. The summed E-state index contributed by atoms with van der Waals surface area (Å²) in [7, 11) is 0. The summed E-state index contributed by atoms with van der Waals surface area (Å²) in [4.78, 5) is 0. The molecule has 0 aromatic carbocycles. The van der Waals surface area contributed by atoms with Crippen molar-refractivity contribution < 1.29 is 0 Å². The van der Waals surface area contributed by atoms with Gasteiger partial charge in [0.2, 0.25) is 0 Å². The van der Waals surface area contributed by atoms with Gasteiger partial charge in [-0.2, -0.15) is 0 Å². The molecule has 0 rings (SSSR count). The number of hydrogen-bond acceptors (Lipinski definition) is 0. The summed E-state index contributed by atoms with van der Waals surface area (Å²) < 4.78 is 0. The van der Waals surface area contributed by atoms with Crippen molar-refractivity contribution in [1.29, 1.82) is 0 Å². The van der Waals surface area contributed by atoms with Gasteiger partial charge in [0.15, 0.2) is 0 Å². The van der Waals surface area contributed by atoms with E-state index >= 15 is 0 Å². The molecule has 13 heavy (non-hydrogen) atoms. The van der Waals surface area contributed by atoms with Crippen LogP contribution in [0.15, 0.2) is 0 Å². The molecule has 0 unspecified atom stereocenters. The molecule has 13 heteroatoms. The van der Waals surface area contributed by atoms with Gasteiger partial charge in [0.05, 0.1) is 0 Å². The molecular weight excluding hydrogens is 521 g/mol. The third-order valence-electron chi connectivity index (χ3n) is 0. The Morgan fingerprint density at radius 2 is 0.0769 bits per heavy atom. The van der Waals surface area contributed by atoms with Gasteiger partial charge in [-0.05, 0) is 0 Å². The Morgan fingerprint density at radius 1 is 0.0769 bits per heavy atom. The van der Waals surface area contributed by atoms with E-state index in [1.807, 2.05) is 0 Å². The normalized spacial score (nSPS) is 0. The third-order valence-corrected chi connectivity index (χ3v) is 0. The van der Waals surface area contributed by atoms with Crippen LogP contribution in [0.3, 0.4) is 0 Å². The van der Waals surface area contributed by atoms with Gasteiger partial charge in [-0.25, -0.2) is 0 Å². The van der Waals surface area contributed by atoms with Crippen molar-refractivity contribution in [2.45, 2.75) is 0 Å². The second-order valence-electron chi connectivity index (χ2n) is 0. The first-order valence-electron chi connectivity index (χ1n) is 0. The van der Waals surface area contributed by atoms with Crippen LogP contribution in [-0.4, -0.2) is 491 Å². The summed E-state index contributed by atoms with van der Waals surface area (Å²) in [6.45, 7) is 0. The first-order chi connectivity index (χ1) is 0. The molecule has 0 fully saturated rings. The average molecular weight is 547 g/mol. The van der Waals surface area contributed by atoms with Gasteiger partial charge in [-0.3, -0.25) is 0 Å². The van der Waals surface area contributed by atoms with Crippen molar-refractivity contribution in [1.82, 2.24) is 0 Å². The van der Waals surface area contributed by atoms with E-state index in [0.717, 1.165) is 0 Å². The summed E-state index contributed by atoms with van der Waals surface area (Å²) in [5.41, 5.74) is 0. The van der Waals surface area contributed by atoms with E-state index in [1.165, 1.54) is 0 Å². The van der Waals surface area contributed by atoms with E-state index in [0.29, 0.717) is 0 Å². The van der Waals surface area contributed by atoms with Crippen LogP contribution in [0.5, 0.6) is 0 Å². The maximum atomic E-state index is 0. The van der Waals surface area contributed by atoms with Gasteiger partial charge in [0, 0.05) is 0 Å². The van der Waals surface area contributed by atoms with Crippen molar-refractivity contribution in [3.63, 3.8) is 0 Å². The van der Waals surface area contributed by atoms with Gasteiger partial charge >= 0.3 is 491 Å². The van der Waals surface area contributed by atoms with E-state index in [4.69, 9.17) is 0 Å². The Morgan fingerprint density at radius 3 is 0.0769 bits per heavy atom. The summed E-state index contributed by atoms with van der Waals surface area (Å²) in [5.74, 6) is 0. The molecular formula is H26Ca13. The standard InChI is InChI=1S/13Ca.26H. The number of rotatable bonds is 0. The van der Waals surface area contributed by atoms with Crippen LogP contribution < -0.4 is 0 Å². The first-order valence-corrected chi connectivity index (χ1v) is 0. The molecule has 0 aliphatic rings. The van der Waals surface area contributed by atoms with Crippen LogP contribution in [0.2, 0.25) is 0 Å². The number of hydrogen-bond donors (Lipinski definition) is 0. The zero-order valence-electron chi connectivity index (χ0n) is 0. The fourth-order valence-corrected chi connectivity index (χ4v) is 0. The molecule has 0 aliphatic heterocycles. The predicted octanol–water partition coefficient (Wildman–Crippen LogP) is -11.9. The summed E-state index contributed by atoms with van der Waals surface area (Å²) in [6.07, 6.45) is 0. The van der Waals surface area contributed by atoms with Gasteiger partial charge in [0.25, 0.3) is 0 Å². The fourth-order valence-electron chi connectivity index (χ4n) is 0. The summed E-state index contributed by atoms with van der Waals surface area (Å²) in [5, 5.41) is 0. The van der Waals surface area contributed by atoms with Crippen molar-refractivity contribution in [2.75, 3.05) is 0 Å². The molecule has 0 spiro atoms. The van der Waals surface area contributed by atoms with Gasteiger partial charge in [0.1, 0.15) is 0 Å². The topological polar surface area (TPSA) is 0 Å². The van der Waals surface area contributed by atoms with E-state index in [1.54, 1.807) is 0 Å². The molecule has 0 bridgehead atoms. The van der Waals surface area contributed by atoms with E-state index < -0.39 is 0 Å². The Labute approximate surface area is 471 Å². The van der Waals surface area contributed by atoms with Gasteiger partial charge in [-0.15, -0.1) is 0 Å². The van der Waals surface area contributed by atoms with Crippen LogP contribution in [0.25, 0.3) is 0 Å². The third kappa shape index (κ3) is 73.6. The molecule has 0 saturated heterocycles. The summed E-state index contributed by atoms with van der Waals surface area (Å²) in [6, 6.07) is 0. The molecule has 0 heterocycles. The zero-order chi connectivity index (χ0) is 0. The van der Waals surface area contributed by atoms with Crippen molar-refractivity contribution >= 4 is 491 Å². The zero-order valence-corrected chi connectivity index (χ0v) is 0. The van der Waals surface area contributed by atoms with Gasteiger partial charge in [-0.1, -0.05) is 0 Å². The quantitative estimate of drug-likeness (QED) is 0.265. The van der Waals surface area contributed by atoms with E-state index in [-0.39, 0.29) is 491 Å². The molecule has 0 aromatic rings. The van der Waals surface area contributed by atoms with Crippen LogP contribution in [0.1, 0.15) is 0 Å². The molecule has 0 atom stereocenters. The minimum atomic E-state index is 0. The van der Waals surface area contributed by atoms with Crippen LogP contribution in [0, 0.1) is 0 Å². The second-order valence-corrected chi connectivity index (χ2v) is 0. The maximum absolute atomic E-state index is 0. The van der Waals surface area contributed by atoms with Crippen molar-refractivity contribution in [2.24, 2.45) is 0 Å². The fraction of sp³-hybridized carbons (Fsp3) is 0. The molecule has 0 N–H and O–H groups in total. The predicted molar refractivity (Wildman–Crippen MR) is 111 cm³/mol.